The third-order valence-electron chi connectivity index (χ3n) is 2.20. The molecule has 2 rings (SSSR count). The van der Waals surface area contributed by atoms with Crippen LogP contribution in [-0.2, 0) is 4.79 Å². The highest BCUT2D eigenvalue weighted by atomic mass is 32.1. The van der Waals surface area contributed by atoms with Crippen molar-refractivity contribution < 1.29 is 19.2 Å². The number of nitrogens with one attached hydrogen (secondary N) is 1. The third-order valence-corrected chi connectivity index (χ3v) is 3.07. The van der Waals surface area contributed by atoms with Crippen LogP contribution < -0.4 is 10.1 Å². The number of ether oxygens (including phenoxy) is 1. The average Bonchev–Trinajstić information content (AvgIpc) is 2.88. The first-order valence-corrected chi connectivity index (χ1v) is 6.04. The zero-order valence-electron chi connectivity index (χ0n) is 9.81. The summed E-state index contributed by atoms with van der Waals surface area (Å²) in [7, 11) is 0. The van der Waals surface area contributed by atoms with Crippen LogP contribution in [0.1, 0.15) is 10.4 Å². The van der Waals surface area contributed by atoms with E-state index in [2.05, 4.69) is 15.0 Å². The van der Waals surface area contributed by atoms with Crippen molar-refractivity contribution in [3.63, 3.8) is 0 Å². The molecule has 2 aromatic rings. The molecule has 1 heterocycles. The number of benzene rings is 1. The number of hydrogen-bond donors (Lipinski definition) is 1. The Bertz CT molecular complexity index is 670. The number of carbonyl (C=O) groups is 2. The van der Waals surface area contributed by atoms with E-state index >= 15 is 0 Å². The van der Waals surface area contributed by atoms with E-state index < -0.39 is 10.8 Å². The van der Waals surface area contributed by atoms with E-state index in [4.69, 9.17) is 0 Å². The second-order valence-corrected chi connectivity index (χ2v) is 4.43. The number of rotatable bonds is 5. The van der Waals surface area contributed by atoms with Crippen LogP contribution in [0, 0.1) is 10.1 Å². The van der Waals surface area contributed by atoms with Gasteiger partial charge in [-0.15, -0.1) is 0 Å². The summed E-state index contributed by atoms with van der Waals surface area (Å²) >= 11 is 0.731. The van der Waals surface area contributed by atoms with Gasteiger partial charge in [-0.3, -0.25) is 25.0 Å². The van der Waals surface area contributed by atoms with Crippen molar-refractivity contribution in [3.05, 3.63) is 46.1 Å². The number of para-hydroxylation sites is 1. The Morgan fingerprint density at radius 3 is 2.85 bits per heavy atom. The fourth-order valence-corrected chi connectivity index (χ4v) is 2.01. The lowest BCUT2D eigenvalue weighted by molar-refractivity contribution is -0.380. The van der Waals surface area contributed by atoms with Gasteiger partial charge >= 0.3 is 5.00 Å². The van der Waals surface area contributed by atoms with Crippen LogP contribution in [0.2, 0.25) is 0 Å². The molecule has 1 aromatic heterocycles. The fraction of sp³-hybridized carbons (Fsp3) is 0. The van der Waals surface area contributed by atoms with Gasteiger partial charge in [0.1, 0.15) is 11.9 Å². The monoisotopic (exact) mass is 293 g/mol. The molecular formula is C11H7N3O5S. The van der Waals surface area contributed by atoms with Gasteiger partial charge in [-0.2, -0.15) is 0 Å². The van der Waals surface area contributed by atoms with Gasteiger partial charge in [-0.05, 0) is 23.5 Å². The molecule has 0 radical (unpaired) electrons. The first kappa shape index (κ1) is 13.6. The van der Waals surface area contributed by atoms with E-state index in [-0.39, 0.29) is 27.9 Å². The lowest BCUT2D eigenvalue weighted by atomic mass is 10.2. The summed E-state index contributed by atoms with van der Waals surface area (Å²) in [6.07, 6.45) is 1.05. The van der Waals surface area contributed by atoms with Crippen LogP contribution in [0.15, 0.2) is 30.5 Å². The van der Waals surface area contributed by atoms with E-state index in [9.17, 15) is 19.7 Å². The maximum Gasteiger partial charge on any atom is 0.345 e. The fourth-order valence-electron chi connectivity index (χ4n) is 1.38. The molecule has 20 heavy (non-hydrogen) atoms. The molecule has 1 amide bonds. The third kappa shape index (κ3) is 2.95. The van der Waals surface area contributed by atoms with E-state index in [1.807, 2.05) is 0 Å². The average molecular weight is 293 g/mol. The first-order chi connectivity index (χ1) is 9.61. The number of carbonyl (C=O) groups excluding carboxylic acids is 2. The Kier molecular flexibility index (Phi) is 4.01. The molecule has 102 valence electrons. The molecule has 0 bridgehead atoms. The molecular weight excluding hydrogens is 286 g/mol. The summed E-state index contributed by atoms with van der Waals surface area (Å²) in [5.41, 5.74) is 0.123. The minimum absolute atomic E-state index is 0.0857. The highest BCUT2D eigenvalue weighted by molar-refractivity contribution is 7.18. The van der Waals surface area contributed by atoms with Gasteiger partial charge < -0.3 is 4.74 Å². The van der Waals surface area contributed by atoms with Crippen LogP contribution in [0.3, 0.4) is 0 Å². The van der Waals surface area contributed by atoms with Crippen molar-refractivity contribution in [1.29, 1.82) is 0 Å². The zero-order chi connectivity index (χ0) is 14.5. The number of amides is 1. The van der Waals surface area contributed by atoms with Crippen molar-refractivity contribution in [3.8, 4) is 5.75 Å². The minimum atomic E-state index is -0.600. The smallest absolute Gasteiger partial charge is 0.345 e. The number of nitro groups is 1. The molecule has 1 N–H and O–H groups in total. The van der Waals surface area contributed by atoms with Crippen molar-refractivity contribution in [2.45, 2.75) is 0 Å². The Morgan fingerprint density at radius 1 is 1.45 bits per heavy atom. The topological polar surface area (TPSA) is 111 Å². The largest absolute Gasteiger partial charge is 0.428 e. The predicted octanol–water partition coefficient (Wildman–Crippen LogP) is 1.84. The molecule has 0 aliphatic carbocycles. The maximum atomic E-state index is 12.0. The second-order valence-electron chi connectivity index (χ2n) is 3.43. The van der Waals surface area contributed by atoms with E-state index in [0.717, 1.165) is 17.5 Å². The lowest BCUT2D eigenvalue weighted by Gasteiger charge is -2.05. The maximum absolute atomic E-state index is 12.0. The Labute approximate surface area is 116 Å². The van der Waals surface area contributed by atoms with Crippen molar-refractivity contribution in [2.75, 3.05) is 5.32 Å². The number of thiazole rings is 1. The molecule has 0 unspecified atom stereocenters. The molecule has 9 heteroatoms. The molecule has 0 aliphatic heterocycles. The van der Waals surface area contributed by atoms with Crippen LogP contribution >= 0.6 is 11.3 Å². The summed E-state index contributed by atoms with van der Waals surface area (Å²) in [5, 5.41) is 12.8. The van der Waals surface area contributed by atoms with Gasteiger partial charge in [0.2, 0.25) is 0 Å². The SMILES string of the molecule is O=COc1ccccc1C(=O)Nc1ncc([N+](=O)[O-])s1. The van der Waals surface area contributed by atoms with Crippen molar-refractivity contribution in [1.82, 2.24) is 4.98 Å². The highest BCUT2D eigenvalue weighted by Gasteiger charge is 2.16. The van der Waals surface area contributed by atoms with Gasteiger partial charge in [0, 0.05) is 0 Å². The van der Waals surface area contributed by atoms with Crippen molar-refractivity contribution >= 4 is 33.8 Å². The molecule has 0 saturated heterocycles. The van der Waals surface area contributed by atoms with Gasteiger partial charge in [0.25, 0.3) is 12.4 Å². The predicted molar refractivity (Wildman–Crippen MR) is 69.9 cm³/mol. The first-order valence-electron chi connectivity index (χ1n) is 5.22. The quantitative estimate of drug-likeness (QED) is 0.511. The second kappa shape index (κ2) is 5.89. The molecule has 0 spiro atoms. The number of hydrogen-bond acceptors (Lipinski definition) is 7. The summed E-state index contributed by atoms with van der Waals surface area (Å²) in [5.74, 6) is -0.488. The molecule has 0 aliphatic rings. The van der Waals surface area contributed by atoms with E-state index in [1.54, 1.807) is 12.1 Å². The molecule has 8 nitrogen and oxygen atoms in total. The van der Waals surface area contributed by atoms with Crippen LogP contribution in [0.4, 0.5) is 10.1 Å². The van der Waals surface area contributed by atoms with Gasteiger partial charge in [-0.25, -0.2) is 4.98 Å². The van der Waals surface area contributed by atoms with Crippen LogP contribution in [0.5, 0.6) is 5.75 Å². The molecule has 1 aromatic carbocycles. The zero-order valence-corrected chi connectivity index (χ0v) is 10.6. The minimum Gasteiger partial charge on any atom is -0.428 e. The number of aromatic nitrogens is 1. The number of anilines is 1. The summed E-state index contributed by atoms with van der Waals surface area (Å²) in [6, 6.07) is 6.10. The van der Waals surface area contributed by atoms with Gasteiger partial charge in [-0.1, -0.05) is 12.1 Å². The Balaban J connectivity index is 2.19. The normalized spacial score (nSPS) is 9.80. The van der Waals surface area contributed by atoms with Crippen LogP contribution in [0.25, 0.3) is 0 Å². The summed E-state index contributed by atoms with van der Waals surface area (Å²) < 4.78 is 4.67. The molecule has 0 atom stereocenters. The summed E-state index contributed by atoms with van der Waals surface area (Å²) in [4.78, 5) is 36.0. The summed E-state index contributed by atoms with van der Waals surface area (Å²) in [6.45, 7) is 0.209. The van der Waals surface area contributed by atoms with Crippen LogP contribution in [-0.4, -0.2) is 22.3 Å². The van der Waals surface area contributed by atoms with E-state index in [0.29, 0.717) is 0 Å². The van der Waals surface area contributed by atoms with Crippen molar-refractivity contribution in [2.24, 2.45) is 0 Å². The Morgan fingerprint density at radius 2 is 2.20 bits per heavy atom. The standard InChI is InChI=1S/C11H7N3O5S/c15-6-19-8-4-2-1-3-7(8)10(16)13-11-12-5-9(20-11)14(17)18/h1-6H,(H,12,13,16). The van der Waals surface area contributed by atoms with Gasteiger partial charge in [0.15, 0.2) is 5.13 Å². The lowest BCUT2D eigenvalue weighted by Crippen LogP contribution is -2.13. The Hall–Kier alpha value is -2.81. The molecule has 0 fully saturated rings. The molecule has 0 saturated carbocycles. The highest BCUT2D eigenvalue weighted by Crippen LogP contribution is 2.26. The van der Waals surface area contributed by atoms with E-state index in [1.165, 1.54) is 12.1 Å². The van der Waals surface area contributed by atoms with Gasteiger partial charge in [0.05, 0.1) is 10.5 Å². The number of nitrogens with zero attached hydrogens (tertiary/aromatic N) is 2.